The maximum absolute atomic E-state index is 12.2. The molecule has 7 nitrogen and oxygen atoms in total. The molecule has 0 saturated heterocycles. The molecule has 2 aromatic carbocycles. The maximum Gasteiger partial charge on any atom is 0.324 e. The Morgan fingerprint density at radius 2 is 1.65 bits per heavy atom. The van der Waals surface area contributed by atoms with Crippen molar-refractivity contribution in [3.05, 3.63) is 60.2 Å². The number of benzene rings is 2. The fourth-order valence-corrected chi connectivity index (χ4v) is 3.24. The van der Waals surface area contributed by atoms with Gasteiger partial charge in [-0.25, -0.2) is 8.42 Å². The third-order valence-electron chi connectivity index (χ3n) is 3.42. The van der Waals surface area contributed by atoms with Crippen molar-refractivity contribution in [1.29, 1.82) is 0 Å². The molecular formula is C18H20N2O5S. The van der Waals surface area contributed by atoms with Crippen LogP contribution >= 0.6 is 0 Å². The zero-order valence-electron chi connectivity index (χ0n) is 14.4. The number of sulfonamides is 1. The van der Waals surface area contributed by atoms with Gasteiger partial charge in [-0.1, -0.05) is 35.9 Å². The van der Waals surface area contributed by atoms with Gasteiger partial charge in [0, 0.05) is 5.69 Å². The average Bonchev–Trinajstić information content (AvgIpc) is 2.60. The molecule has 0 aliphatic heterocycles. The second-order valence-electron chi connectivity index (χ2n) is 5.68. The number of amides is 1. The number of ether oxygens (including phenoxy) is 1. The molecular weight excluding hydrogens is 356 g/mol. The standard InChI is InChI=1S/C18H20N2O5S/c1-13-8-10-16(11-9-13)26(23,24)20-14(2)18(22)25-12-17(21)19-15-6-4-3-5-7-15/h3-11,14,20H,12H2,1-2H3,(H,19,21)/t14-/m0/s1. The third-order valence-corrected chi connectivity index (χ3v) is 4.98. The van der Waals surface area contributed by atoms with Gasteiger partial charge in [-0.3, -0.25) is 9.59 Å². The lowest BCUT2D eigenvalue weighted by Crippen LogP contribution is -2.40. The van der Waals surface area contributed by atoms with Gasteiger partial charge >= 0.3 is 5.97 Å². The van der Waals surface area contributed by atoms with Crippen LogP contribution < -0.4 is 10.0 Å². The van der Waals surface area contributed by atoms with Crippen LogP contribution in [0.3, 0.4) is 0 Å². The maximum atomic E-state index is 12.2. The Morgan fingerprint density at radius 3 is 2.27 bits per heavy atom. The Labute approximate surface area is 152 Å². The molecule has 0 aromatic heterocycles. The number of hydrogen-bond acceptors (Lipinski definition) is 5. The highest BCUT2D eigenvalue weighted by Crippen LogP contribution is 2.11. The topological polar surface area (TPSA) is 102 Å². The first kappa shape index (κ1) is 19.6. The number of carbonyl (C=O) groups is 2. The van der Waals surface area contributed by atoms with E-state index in [1.807, 2.05) is 6.92 Å². The van der Waals surface area contributed by atoms with Crippen LogP contribution in [0.25, 0.3) is 0 Å². The van der Waals surface area contributed by atoms with Gasteiger partial charge in [0.1, 0.15) is 6.04 Å². The van der Waals surface area contributed by atoms with Gasteiger partial charge in [-0.05, 0) is 38.1 Å². The van der Waals surface area contributed by atoms with Crippen LogP contribution in [0.2, 0.25) is 0 Å². The number of para-hydroxylation sites is 1. The Hall–Kier alpha value is -2.71. The van der Waals surface area contributed by atoms with Crippen molar-refractivity contribution in [2.75, 3.05) is 11.9 Å². The highest BCUT2D eigenvalue weighted by atomic mass is 32.2. The lowest BCUT2D eigenvalue weighted by atomic mass is 10.2. The molecule has 0 radical (unpaired) electrons. The molecule has 0 fully saturated rings. The van der Waals surface area contributed by atoms with Crippen LogP contribution in [0, 0.1) is 6.92 Å². The number of carbonyl (C=O) groups excluding carboxylic acids is 2. The van der Waals surface area contributed by atoms with E-state index in [9.17, 15) is 18.0 Å². The minimum atomic E-state index is -3.86. The molecule has 0 bridgehead atoms. The van der Waals surface area contributed by atoms with Crippen LogP contribution in [0.5, 0.6) is 0 Å². The van der Waals surface area contributed by atoms with Crippen molar-refractivity contribution in [3.8, 4) is 0 Å². The van der Waals surface area contributed by atoms with Crippen molar-refractivity contribution in [1.82, 2.24) is 4.72 Å². The van der Waals surface area contributed by atoms with Crippen LogP contribution in [-0.4, -0.2) is 32.9 Å². The lowest BCUT2D eigenvalue weighted by Gasteiger charge is -2.14. The van der Waals surface area contributed by atoms with Gasteiger partial charge in [0.2, 0.25) is 10.0 Å². The summed E-state index contributed by atoms with van der Waals surface area (Å²) in [7, 11) is -3.86. The molecule has 0 heterocycles. The molecule has 138 valence electrons. The van der Waals surface area contributed by atoms with Crippen molar-refractivity contribution < 1.29 is 22.7 Å². The molecule has 8 heteroatoms. The number of hydrogen-bond donors (Lipinski definition) is 2. The molecule has 0 unspecified atom stereocenters. The van der Waals surface area contributed by atoms with E-state index in [-0.39, 0.29) is 4.90 Å². The predicted octanol–water partition coefficient (Wildman–Crippen LogP) is 1.84. The zero-order valence-corrected chi connectivity index (χ0v) is 15.2. The lowest BCUT2D eigenvalue weighted by molar-refractivity contribution is -0.148. The summed E-state index contributed by atoms with van der Waals surface area (Å²) in [4.78, 5) is 23.7. The van der Waals surface area contributed by atoms with Gasteiger partial charge in [0.25, 0.3) is 5.91 Å². The minimum absolute atomic E-state index is 0.0459. The van der Waals surface area contributed by atoms with E-state index in [1.54, 1.807) is 42.5 Å². The highest BCUT2D eigenvalue weighted by Gasteiger charge is 2.23. The molecule has 0 aliphatic rings. The van der Waals surface area contributed by atoms with E-state index in [1.165, 1.54) is 19.1 Å². The quantitative estimate of drug-likeness (QED) is 0.718. The molecule has 0 saturated carbocycles. The first-order chi connectivity index (χ1) is 12.3. The molecule has 1 amide bonds. The summed E-state index contributed by atoms with van der Waals surface area (Å²) in [6, 6.07) is 13.8. The van der Waals surface area contributed by atoms with E-state index in [4.69, 9.17) is 4.74 Å². The Bertz CT molecular complexity index is 864. The second-order valence-corrected chi connectivity index (χ2v) is 7.39. The van der Waals surface area contributed by atoms with E-state index >= 15 is 0 Å². The predicted molar refractivity (Wildman–Crippen MR) is 97.0 cm³/mol. The number of aryl methyl sites for hydroxylation is 1. The van der Waals surface area contributed by atoms with Crippen molar-refractivity contribution in [2.45, 2.75) is 24.8 Å². The second kappa shape index (κ2) is 8.59. The minimum Gasteiger partial charge on any atom is -0.454 e. The fraction of sp³-hybridized carbons (Fsp3) is 0.222. The monoisotopic (exact) mass is 376 g/mol. The van der Waals surface area contributed by atoms with Gasteiger partial charge < -0.3 is 10.1 Å². The number of esters is 1. The van der Waals surface area contributed by atoms with Gasteiger partial charge in [0.15, 0.2) is 6.61 Å². The van der Waals surface area contributed by atoms with E-state index in [0.29, 0.717) is 5.69 Å². The zero-order chi connectivity index (χ0) is 19.2. The summed E-state index contributed by atoms with van der Waals surface area (Å²) >= 11 is 0. The van der Waals surface area contributed by atoms with E-state index < -0.39 is 34.5 Å². The summed E-state index contributed by atoms with van der Waals surface area (Å²) in [5.41, 5.74) is 1.49. The Kier molecular flexibility index (Phi) is 6.48. The number of rotatable bonds is 7. The smallest absolute Gasteiger partial charge is 0.324 e. The molecule has 0 spiro atoms. The largest absolute Gasteiger partial charge is 0.454 e. The first-order valence-electron chi connectivity index (χ1n) is 7.88. The van der Waals surface area contributed by atoms with Crippen LogP contribution in [0.4, 0.5) is 5.69 Å². The molecule has 1 atom stereocenters. The van der Waals surface area contributed by atoms with Crippen molar-refractivity contribution in [3.63, 3.8) is 0 Å². The third kappa shape index (κ3) is 5.68. The number of anilines is 1. The first-order valence-corrected chi connectivity index (χ1v) is 9.37. The molecule has 2 rings (SSSR count). The van der Waals surface area contributed by atoms with Crippen LogP contribution in [-0.2, 0) is 24.3 Å². The summed E-state index contributed by atoms with van der Waals surface area (Å²) in [6.45, 7) is 2.68. The van der Waals surface area contributed by atoms with Crippen molar-refractivity contribution >= 4 is 27.6 Å². The summed E-state index contributed by atoms with van der Waals surface area (Å²) in [5, 5.41) is 2.56. The van der Waals surface area contributed by atoms with Crippen LogP contribution in [0.1, 0.15) is 12.5 Å². The van der Waals surface area contributed by atoms with Crippen LogP contribution in [0.15, 0.2) is 59.5 Å². The highest BCUT2D eigenvalue weighted by molar-refractivity contribution is 7.89. The molecule has 2 N–H and O–H groups in total. The summed E-state index contributed by atoms with van der Waals surface area (Å²) < 4.78 is 31.6. The van der Waals surface area contributed by atoms with Gasteiger partial charge in [-0.2, -0.15) is 4.72 Å². The number of nitrogens with one attached hydrogen (secondary N) is 2. The Morgan fingerprint density at radius 1 is 1.04 bits per heavy atom. The van der Waals surface area contributed by atoms with E-state index in [0.717, 1.165) is 5.56 Å². The molecule has 0 aliphatic carbocycles. The van der Waals surface area contributed by atoms with Gasteiger partial charge in [0.05, 0.1) is 4.90 Å². The van der Waals surface area contributed by atoms with E-state index in [2.05, 4.69) is 10.0 Å². The molecule has 26 heavy (non-hydrogen) atoms. The fourth-order valence-electron chi connectivity index (χ4n) is 2.05. The SMILES string of the molecule is Cc1ccc(S(=O)(=O)N[C@@H](C)C(=O)OCC(=O)Nc2ccccc2)cc1. The normalized spacial score (nSPS) is 12.2. The van der Waals surface area contributed by atoms with Crippen molar-refractivity contribution in [2.24, 2.45) is 0 Å². The summed E-state index contributed by atoms with van der Waals surface area (Å²) in [5.74, 6) is -1.36. The Balaban J connectivity index is 1.87. The average molecular weight is 376 g/mol. The molecule has 2 aromatic rings. The summed E-state index contributed by atoms with van der Waals surface area (Å²) in [6.07, 6.45) is 0. The van der Waals surface area contributed by atoms with Gasteiger partial charge in [-0.15, -0.1) is 0 Å².